The first-order valence-corrected chi connectivity index (χ1v) is 8.85. The van der Waals surface area contributed by atoms with Crippen LogP contribution in [0.3, 0.4) is 0 Å². The molecule has 3 aromatic carbocycles. The molecule has 0 N–H and O–H groups in total. The Hall–Kier alpha value is -2.87. The van der Waals surface area contributed by atoms with Gasteiger partial charge >= 0.3 is 0 Å². The summed E-state index contributed by atoms with van der Waals surface area (Å²) in [4.78, 5) is 0. The zero-order valence-electron chi connectivity index (χ0n) is 18.7. The molecule has 0 aliphatic rings. The molecule has 0 saturated carbocycles. The Kier molecular flexibility index (Phi) is 3.15. The van der Waals surface area contributed by atoms with E-state index in [2.05, 4.69) is 48.4 Å². The first-order valence-electron chi connectivity index (χ1n) is 10.4. The number of benzene rings is 3. The summed E-state index contributed by atoms with van der Waals surface area (Å²) in [6, 6.07) is 20.0. The summed E-state index contributed by atoms with van der Waals surface area (Å²) >= 11 is 0. The molecule has 0 spiro atoms. The fourth-order valence-corrected chi connectivity index (χ4v) is 4.02. The smallest absolute Gasteiger partial charge is 0.226 e. The highest BCUT2D eigenvalue weighted by Crippen LogP contribution is 2.35. The highest BCUT2D eigenvalue weighted by Gasteiger charge is 2.24. The molecule has 0 unspecified atom stereocenters. The van der Waals surface area contributed by atoms with Gasteiger partial charge in [-0.05, 0) is 66.7 Å². The van der Waals surface area contributed by atoms with Crippen LogP contribution in [0.1, 0.15) is 20.8 Å². The fourth-order valence-electron chi connectivity index (χ4n) is 4.02. The number of imidazole rings is 1. The molecule has 2 heteroatoms. The Balaban J connectivity index is 2.02. The van der Waals surface area contributed by atoms with Gasteiger partial charge in [0.1, 0.15) is 0 Å². The second-order valence-corrected chi connectivity index (χ2v) is 6.91. The largest absolute Gasteiger partial charge is 0.289 e. The zero-order valence-corrected chi connectivity index (χ0v) is 15.7. The normalized spacial score (nSPS) is 13.5. The first kappa shape index (κ1) is 13.3. The van der Waals surface area contributed by atoms with Crippen LogP contribution in [-0.4, -0.2) is 4.57 Å². The standard InChI is InChI=1S/C24H25N2/c1-16-10-8-11-17(2)23(16)19-12-9-13-20(18(19)3)24-25(4)21-14-6-7-15-22(21)26(24)5/h6-15H,1-5H3/q+1/i1D3. The number of hydrogen-bond donors (Lipinski definition) is 0. The quantitative estimate of drug-likeness (QED) is 0.439. The topological polar surface area (TPSA) is 8.81 Å². The van der Waals surface area contributed by atoms with Crippen LogP contribution in [0.5, 0.6) is 0 Å². The van der Waals surface area contributed by atoms with Crippen LogP contribution in [0, 0.1) is 20.7 Å². The molecule has 0 aliphatic heterocycles. The third-order valence-electron chi connectivity index (χ3n) is 5.36. The predicted octanol–water partition coefficient (Wildman–Crippen LogP) is 5.26. The molecule has 1 heterocycles. The van der Waals surface area contributed by atoms with Gasteiger partial charge in [0.05, 0.1) is 19.7 Å². The van der Waals surface area contributed by atoms with Gasteiger partial charge in [-0.25, -0.2) is 9.13 Å². The van der Waals surface area contributed by atoms with Crippen LogP contribution in [-0.2, 0) is 14.1 Å². The number of fused-ring (bicyclic) bond motifs is 1. The van der Waals surface area contributed by atoms with Gasteiger partial charge < -0.3 is 0 Å². The summed E-state index contributed by atoms with van der Waals surface area (Å²) in [6.07, 6.45) is 0. The Morgan fingerprint density at radius 3 is 2.31 bits per heavy atom. The van der Waals surface area contributed by atoms with E-state index in [-0.39, 0.29) is 0 Å². The number of para-hydroxylation sites is 2. The number of nitrogens with zero attached hydrogens (tertiary/aromatic N) is 2. The summed E-state index contributed by atoms with van der Waals surface area (Å²) in [6.45, 7) is 1.90. The lowest BCUT2D eigenvalue weighted by molar-refractivity contribution is -0.634. The minimum Gasteiger partial charge on any atom is -0.226 e. The summed E-state index contributed by atoms with van der Waals surface area (Å²) in [7, 11) is 4.15. The third kappa shape index (κ3) is 2.37. The maximum absolute atomic E-state index is 8.01. The summed E-state index contributed by atoms with van der Waals surface area (Å²) in [5, 5.41) is 0. The molecule has 0 fully saturated rings. The van der Waals surface area contributed by atoms with E-state index in [1.807, 2.05) is 43.3 Å². The monoisotopic (exact) mass is 344 g/mol. The van der Waals surface area contributed by atoms with Crippen molar-refractivity contribution in [3.05, 3.63) is 77.4 Å². The average Bonchev–Trinajstić information content (AvgIpc) is 2.93. The van der Waals surface area contributed by atoms with Gasteiger partial charge in [0.2, 0.25) is 0 Å². The number of hydrogen-bond acceptors (Lipinski definition) is 0. The highest BCUT2D eigenvalue weighted by molar-refractivity contribution is 5.81. The fraction of sp³-hybridized carbons (Fsp3) is 0.208. The summed E-state index contributed by atoms with van der Waals surface area (Å²) < 4.78 is 28.4. The maximum atomic E-state index is 8.01. The lowest BCUT2D eigenvalue weighted by atomic mass is 9.90. The van der Waals surface area contributed by atoms with Crippen LogP contribution in [0.25, 0.3) is 33.5 Å². The summed E-state index contributed by atoms with van der Waals surface area (Å²) in [5.74, 6) is 1.09. The van der Waals surface area contributed by atoms with Crippen molar-refractivity contribution in [1.82, 2.24) is 4.57 Å². The Bertz CT molecular complexity index is 1190. The third-order valence-corrected chi connectivity index (χ3v) is 5.36. The van der Waals surface area contributed by atoms with E-state index in [4.69, 9.17) is 4.11 Å². The number of aromatic nitrogens is 2. The van der Waals surface area contributed by atoms with E-state index >= 15 is 0 Å². The van der Waals surface area contributed by atoms with Gasteiger partial charge in [0, 0.05) is 4.11 Å². The van der Waals surface area contributed by atoms with Gasteiger partial charge in [-0.3, -0.25) is 0 Å². The molecular formula is C24H25N2+. The Labute approximate surface area is 159 Å². The van der Waals surface area contributed by atoms with Crippen LogP contribution < -0.4 is 4.57 Å². The van der Waals surface area contributed by atoms with E-state index < -0.39 is 6.85 Å². The van der Waals surface area contributed by atoms with Gasteiger partial charge in [0.25, 0.3) is 5.82 Å². The second kappa shape index (κ2) is 6.14. The van der Waals surface area contributed by atoms with E-state index in [1.54, 1.807) is 6.07 Å². The molecule has 0 amide bonds. The maximum Gasteiger partial charge on any atom is 0.289 e. The van der Waals surface area contributed by atoms with Crippen LogP contribution in [0.4, 0.5) is 0 Å². The van der Waals surface area contributed by atoms with Gasteiger partial charge in [-0.15, -0.1) is 0 Å². The molecule has 26 heavy (non-hydrogen) atoms. The molecule has 2 nitrogen and oxygen atoms in total. The number of rotatable bonds is 2. The van der Waals surface area contributed by atoms with Crippen molar-refractivity contribution in [2.45, 2.75) is 20.7 Å². The lowest BCUT2D eigenvalue weighted by Gasteiger charge is -2.14. The molecule has 0 radical (unpaired) electrons. The molecule has 0 atom stereocenters. The van der Waals surface area contributed by atoms with Crippen molar-refractivity contribution >= 4 is 11.0 Å². The van der Waals surface area contributed by atoms with Crippen LogP contribution in [0.2, 0.25) is 0 Å². The zero-order chi connectivity index (χ0) is 20.9. The van der Waals surface area contributed by atoms with Gasteiger partial charge in [0.15, 0.2) is 11.0 Å². The van der Waals surface area contributed by atoms with Crippen molar-refractivity contribution in [3.63, 3.8) is 0 Å². The van der Waals surface area contributed by atoms with E-state index in [1.165, 1.54) is 0 Å². The lowest BCUT2D eigenvalue weighted by Crippen LogP contribution is -2.30. The molecule has 0 aliphatic carbocycles. The molecule has 0 saturated heterocycles. The highest BCUT2D eigenvalue weighted by atomic mass is 15.1. The Morgan fingerprint density at radius 2 is 1.54 bits per heavy atom. The van der Waals surface area contributed by atoms with Crippen molar-refractivity contribution in [2.24, 2.45) is 14.1 Å². The van der Waals surface area contributed by atoms with E-state index in [9.17, 15) is 0 Å². The molecular weight excluding hydrogens is 316 g/mol. The van der Waals surface area contributed by atoms with E-state index in [0.29, 0.717) is 5.56 Å². The molecule has 4 rings (SSSR count). The molecule has 1 aromatic heterocycles. The van der Waals surface area contributed by atoms with Gasteiger partial charge in [-0.1, -0.05) is 42.5 Å². The van der Waals surface area contributed by atoms with Crippen molar-refractivity contribution in [1.29, 1.82) is 0 Å². The molecule has 130 valence electrons. The molecule has 4 aromatic rings. The van der Waals surface area contributed by atoms with Crippen molar-refractivity contribution < 1.29 is 8.68 Å². The van der Waals surface area contributed by atoms with Gasteiger partial charge in [-0.2, -0.15) is 0 Å². The minimum absolute atomic E-state index is 0.402. The average molecular weight is 344 g/mol. The van der Waals surface area contributed by atoms with Crippen molar-refractivity contribution in [3.8, 4) is 22.5 Å². The predicted molar refractivity (Wildman–Crippen MR) is 109 cm³/mol. The first-order chi connectivity index (χ1) is 13.7. The van der Waals surface area contributed by atoms with Crippen LogP contribution >= 0.6 is 0 Å². The van der Waals surface area contributed by atoms with Crippen LogP contribution in [0.15, 0.2) is 60.7 Å². The number of aryl methyl sites for hydroxylation is 4. The SMILES string of the molecule is [2H]C([2H])([2H])c1cccc(C)c1-c1cccc(-c2n(C)c3ccccc3[n+]2C)c1C. The second-order valence-electron chi connectivity index (χ2n) is 6.91. The summed E-state index contributed by atoms with van der Waals surface area (Å²) in [5.41, 5.74) is 7.66. The Morgan fingerprint density at radius 1 is 0.846 bits per heavy atom. The van der Waals surface area contributed by atoms with Crippen molar-refractivity contribution in [2.75, 3.05) is 0 Å². The molecule has 0 bridgehead atoms. The van der Waals surface area contributed by atoms with E-state index in [0.717, 1.165) is 44.7 Å². The minimum atomic E-state index is -2.16.